The normalized spacial score (nSPS) is 12.1. The third-order valence-electron chi connectivity index (χ3n) is 2.80. The number of hydrogen-bond acceptors (Lipinski definition) is 4. The van der Waals surface area contributed by atoms with Gasteiger partial charge < -0.3 is 10.4 Å². The minimum Gasteiger partial charge on any atom is -0.481 e. The maximum absolute atomic E-state index is 11.6. The SMILES string of the molecule is CC(CCNC(=O)Nc1nc2ccccc2s1)C(=O)O. The van der Waals surface area contributed by atoms with Crippen LogP contribution in [0.1, 0.15) is 13.3 Å². The average Bonchev–Trinajstić information content (AvgIpc) is 2.80. The second kappa shape index (κ2) is 6.33. The Hall–Kier alpha value is -2.15. The molecule has 0 aliphatic rings. The van der Waals surface area contributed by atoms with Gasteiger partial charge in [0.05, 0.1) is 16.1 Å². The van der Waals surface area contributed by atoms with E-state index in [-0.39, 0.29) is 6.03 Å². The average molecular weight is 293 g/mol. The molecule has 0 saturated heterocycles. The number of rotatable bonds is 5. The summed E-state index contributed by atoms with van der Waals surface area (Å²) < 4.78 is 1.00. The predicted molar refractivity (Wildman–Crippen MR) is 78.1 cm³/mol. The maximum atomic E-state index is 11.6. The fourth-order valence-corrected chi connectivity index (χ4v) is 2.45. The fourth-order valence-electron chi connectivity index (χ4n) is 1.59. The van der Waals surface area contributed by atoms with Crippen molar-refractivity contribution in [3.63, 3.8) is 0 Å². The van der Waals surface area contributed by atoms with Crippen LogP contribution in [0.3, 0.4) is 0 Å². The number of nitrogens with zero attached hydrogens (tertiary/aromatic N) is 1. The van der Waals surface area contributed by atoms with Crippen LogP contribution in [0.15, 0.2) is 24.3 Å². The molecule has 0 fully saturated rings. The van der Waals surface area contributed by atoms with Crippen LogP contribution in [-0.2, 0) is 4.79 Å². The van der Waals surface area contributed by atoms with E-state index in [1.165, 1.54) is 11.3 Å². The minimum atomic E-state index is -0.863. The Morgan fingerprint density at radius 1 is 1.40 bits per heavy atom. The highest BCUT2D eigenvalue weighted by atomic mass is 32.1. The maximum Gasteiger partial charge on any atom is 0.321 e. The highest BCUT2D eigenvalue weighted by Gasteiger charge is 2.11. The van der Waals surface area contributed by atoms with Gasteiger partial charge in [-0.05, 0) is 18.6 Å². The Labute approximate surface area is 119 Å². The number of fused-ring (bicyclic) bond motifs is 1. The van der Waals surface area contributed by atoms with E-state index < -0.39 is 11.9 Å². The standard InChI is InChI=1S/C13H15N3O3S/c1-8(11(17)18)6-7-14-12(19)16-13-15-9-4-2-3-5-10(9)20-13/h2-5,8H,6-7H2,1H3,(H,17,18)(H2,14,15,16,19). The number of aromatic nitrogens is 1. The number of amides is 2. The molecule has 1 aromatic carbocycles. The Morgan fingerprint density at radius 3 is 2.85 bits per heavy atom. The number of aliphatic carboxylic acids is 1. The molecule has 0 radical (unpaired) electrons. The lowest BCUT2D eigenvalue weighted by Gasteiger charge is -2.07. The molecule has 106 valence electrons. The van der Waals surface area contributed by atoms with Crippen LogP contribution in [0.4, 0.5) is 9.93 Å². The first kappa shape index (κ1) is 14.3. The molecule has 0 bridgehead atoms. The van der Waals surface area contributed by atoms with Crippen LogP contribution in [0.2, 0.25) is 0 Å². The van der Waals surface area contributed by atoms with E-state index in [0.717, 1.165) is 10.2 Å². The summed E-state index contributed by atoms with van der Waals surface area (Å²) in [5.41, 5.74) is 0.840. The Balaban J connectivity index is 1.84. The quantitative estimate of drug-likeness (QED) is 0.790. The zero-order chi connectivity index (χ0) is 14.5. The molecule has 1 atom stereocenters. The van der Waals surface area contributed by atoms with Gasteiger partial charge in [0.1, 0.15) is 0 Å². The van der Waals surface area contributed by atoms with Gasteiger partial charge in [0.2, 0.25) is 0 Å². The van der Waals surface area contributed by atoms with Gasteiger partial charge in [-0.1, -0.05) is 30.4 Å². The van der Waals surface area contributed by atoms with Gasteiger partial charge in [0, 0.05) is 6.54 Å². The van der Waals surface area contributed by atoms with Crippen molar-refractivity contribution in [1.82, 2.24) is 10.3 Å². The summed E-state index contributed by atoms with van der Waals surface area (Å²) >= 11 is 1.39. The molecule has 2 rings (SSSR count). The second-order valence-electron chi connectivity index (χ2n) is 4.40. The molecule has 1 aromatic heterocycles. The van der Waals surface area contributed by atoms with Gasteiger partial charge in [-0.25, -0.2) is 9.78 Å². The first-order valence-electron chi connectivity index (χ1n) is 6.19. The van der Waals surface area contributed by atoms with Crippen LogP contribution in [0.5, 0.6) is 0 Å². The third kappa shape index (κ3) is 3.67. The van der Waals surface area contributed by atoms with Crippen LogP contribution < -0.4 is 10.6 Å². The van der Waals surface area contributed by atoms with Crippen molar-refractivity contribution in [1.29, 1.82) is 0 Å². The van der Waals surface area contributed by atoms with Gasteiger partial charge in [-0.15, -0.1) is 0 Å². The summed E-state index contributed by atoms with van der Waals surface area (Å²) in [6, 6.07) is 7.24. The molecule has 20 heavy (non-hydrogen) atoms. The summed E-state index contributed by atoms with van der Waals surface area (Å²) in [6.45, 7) is 1.92. The lowest BCUT2D eigenvalue weighted by molar-refractivity contribution is -0.141. The number of carboxylic acids is 1. The number of carbonyl (C=O) groups excluding carboxylic acids is 1. The van der Waals surface area contributed by atoms with Crippen molar-refractivity contribution in [2.24, 2.45) is 5.92 Å². The van der Waals surface area contributed by atoms with Gasteiger partial charge in [0.25, 0.3) is 0 Å². The number of thiazole rings is 1. The topological polar surface area (TPSA) is 91.3 Å². The van der Waals surface area contributed by atoms with Gasteiger partial charge >= 0.3 is 12.0 Å². The third-order valence-corrected chi connectivity index (χ3v) is 3.75. The largest absolute Gasteiger partial charge is 0.481 e. The number of carbonyl (C=O) groups is 2. The van der Waals surface area contributed by atoms with E-state index in [1.54, 1.807) is 6.92 Å². The second-order valence-corrected chi connectivity index (χ2v) is 5.43. The number of nitrogens with one attached hydrogen (secondary N) is 2. The molecule has 3 N–H and O–H groups in total. The molecule has 2 aromatic rings. The monoisotopic (exact) mass is 293 g/mol. The zero-order valence-corrected chi connectivity index (χ0v) is 11.7. The number of anilines is 1. The summed E-state index contributed by atoms with van der Waals surface area (Å²) in [6.07, 6.45) is 0.391. The Morgan fingerprint density at radius 2 is 2.15 bits per heavy atom. The Kier molecular flexibility index (Phi) is 4.52. The molecular weight excluding hydrogens is 278 g/mol. The molecule has 1 unspecified atom stereocenters. The highest BCUT2D eigenvalue weighted by molar-refractivity contribution is 7.22. The van der Waals surface area contributed by atoms with Crippen molar-refractivity contribution in [2.45, 2.75) is 13.3 Å². The molecule has 6 nitrogen and oxygen atoms in total. The fraction of sp³-hybridized carbons (Fsp3) is 0.308. The molecule has 2 amide bonds. The molecule has 0 spiro atoms. The number of hydrogen-bond donors (Lipinski definition) is 3. The Bertz CT molecular complexity index is 593. The van der Waals surface area contributed by atoms with E-state index in [4.69, 9.17) is 5.11 Å². The number of benzene rings is 1. The van der Waals surface area contributed by atoms with Crippen molar-refractivity contribution < 1.29 is 14.7 Å². The first-order valence-corrected chi connectivity index (χ1v) is 7.01. The van der Waals surface area contributed by atoms with Crippen LogP contribution >= 0.6 is 11.3 Å². The van der Waals surface area contributed by atoms with Crippen molar-refractivity contribution >= 4 is 38.7 Å². The predicted octanol–water partition coefficient (Wildman–Crippen LogP) is 2.53. The number of urea groups is 1. The molecule has 1 heterocycles. The highest BCUT2D eigenvalue weighted by Crippen LogP contribution is 2.25. The van der Waals surface area contributed by atoms with Gasteiger partial charge in [-0.3, -0.25) is 10.1 Å². The summed E-state index contributed by atoms with van der Waals surface area (Å²) in [4.78, 5) is 26.5. The zero-order valence-electron chi connectivity index (χ0n) is 10.9. The molecular formula is C13H15N3O3S. The van der Waals surface area contributed by atoms with Gasteiger partial charge in [0.15, 0.2) is 5.13 Å². The first-order chi connectivity index (χ1) is 9.56. The van der Waals surface area contributed by atoms with Gasteiger partial charge in [-0.2, -0.15) is 0 Å². The lowest BCUT2D eigenvalue weighted by atomic mass is 10.1. The number of carboxylic acid groups (broad SMARTS) is 1. The molecule has 0 aliphatic heterocycles. The summed E-state index contributed by atoms with van der Waals surface area (Å²) in [5.74, 6) is -1.34. The summed E-state index contributed by atoms with van der Waals surface area (Å²) in [7, 11) is 0. The van der Waals surface area contributed by atoms with Crippen LogP contribution in [0, 0.1) is 5.92 Å². The molecule has 0 aliphatic carbocycles. The van der Waals surface area contributed by atoms with E-state index in [2.05, 4.69) is 15.6 Å². The minimum absolute atomic E-state index is 0.310. The van der Waals surface area contributed by atoms with E-state index in [1.807, 2.05) is 24.3 Å². The van der Waals surface area contributed by atoms with E-state index >= 15 is 0 Å². The van der Waals surface area contributed by atoms with E-state index in [0.29, 0.717) is 18.1 Å². The molecule has 7 heteroatoms. The van der Waals surface area contributed by atoms with Crippen LogP contribution in [0.25, 0.3) is 10.2 Å². The number of para-hydroxylation sites is 1. The smallest absolute Gasteiger partial charge is 0.321 e. The van der Waals surface area contributed by atoms with Crippen molar-refractivity contribution in [3.8, 4) is 0 Å². The van der Waals surface area contributed by atoms with Crippen LogP contribution in [-0.4, -0.2) is 28.6 Å². The van der Waals surface area contributed by atoms with E-state index in [9.17, 15) is 9.59 Å². The summed E-state index contributed by atoms with van der Waals surface area (Å²) in [5, 5.41) is 14.5. The van der Waals surface area contributed by atoms with Crippen molar-refractivity contribution in [2.75, 3.05) is 11.9 Å². The van der Waals surface area contributed by atoms with Crippen molar-refractivity contribution in [3.05, 3.63) is 24.3 Å². The molecule has 0 saturated carbocycles. The lowest BCUT2D eigenvalue weighted by Crippen LogP contribution is -2.31.